The lowest BCUT2D eigenvalue weighted by Crippen LogP contribution is -2.12. The number of aryl methyl sites for hydroxylation is 2. The lowest BCUT2D eigenvalue weighted by atomic mass is 10.1. The van der Waals surface area contributed by atoms with Crippen molar-refractivity contribution in [3.63, 3.8) is 0 Å². The van der Waals surface area contributed by atoms with Crippen LogP contribution in [0, 0.1) is 13.8 Å². The van der Waals surface area contributed by atoms with Crippen LogP contribution in [-0.2, 0) is 0 Å². The highest BCUT2D eigenvalue weighted by molar-refractivity contribution is 6.31. The van der Waals surface area contributed by atoms with Gasteiger partial charge >= 0.3 is 0 Å². The number of hydrogen-bond acceptors (Lipinski definition) is 4. The summed E-state index contributed by atoms with van der Waals surface area (Å²) in [6.07, 6.45) is 1.71. The monoisotopic (exact) mass is 377 g/mol. The van der Waals surface area contributed by atoms with E-state index in [0.717, 1.165) is 22.2 Å². The Morgan fingerprint density at radius 1 is 1.11 bits per heavy atom. The van der Waals surface area contributed by atoms with Gasteiger partial charge in [-0.05, 0) is 50.2 Å². The van der Waals surface area contributed by atoms with E-state index in [-0.39, 0.29) is 11.7 Å². The fourth-order valence-electron chi connectivity index (χ4n) is 2.97. The number of nitrogens with zero attached hydrogens (tertiary/aromatic N) is 2. The van der Waals surface area contributed by atoms with Crippen LogP contribution in [0.4, 0.5) is 5.69 Å². The quantitative estimate of drug-likeness (QED) is 0.518. The first kappa shape index (κ1) is 17.2. The van der Waals surface area contributed by atoms with Crippen molar-refractivity contribution in [3.8, 4) is 11.3 Å². The molecule has 0 aliphatic heterocycles. The van der Waals surface area contributed by atoms with E-state index in [1.54, 1.807) is 24.4 Å². The molecule has 2 aromatic heterocycles. The van der Waals surface area contributed by atoms with Gasteiger partial charge in [0.2, 0.25) is 0 Å². The van der Waals surface area contributed by atoms with Crippen molar-refractivity contribution in [1.29, 1.82) is 0 Å². The van der Waals surface area contributed by atoms with Crippen LogP contribution in [0.1, 0.15) is 21.9 Å². The van der Waals surface area contributed by atoms with Crippen molar-refractivity contribution in [2.24, 2.45) is 0 Å². The molecule has 0 bridgehead atoms. The number of nitrogens with one attached hydrogen (secondary N) is 1. The molecule has 1 amide bonds. The first-order valence-corrected chi connectivity index (χ1v) is 8.79. The van der Waals surface area contributed by atoms with Gasteiger partial charge in [0.1, 0.15) is 11.4 Å². The smallest absolute Gasteiger partial charge is 0.291 e. The molecule has 0 saturated carbocycles. The van der Waals surface area contributed by atoms with Gasteiger partial charge in [-0.3, -0.25) is 4.79 Å². The highest BCUT2D eigenvalue weighted by Crippen LogP contribution is 2.29. The van der Waals surface area contributed by atoms with Gasteiger partial charge in [0.25, 0.3) is 5.91 Å². The molecule has 0 unspecified atom stereocenters. The first-order chi connectivity index (χ1) is 13.0. The van der Waals surface area contributed by atoms with Gasteiger partial charge in [0.15, 0.2) is 5.76 Å². The largest absolute Gasteiger partial charge is 0.451 e. The van der Waals surface area contributed by atoms with E-state index in [1.165, 1.54) is 0 Å². The number of halogens is 1. The summed E-state index contributed by atoms with van der Waals surface area (Å²) in [7, 11) is 0. The summed E-state index contributed by atoms with van der Waals surface area (Å²) in [5, 5.41) is 4.32. The van der Waals surface area contributed by atoms with Crippen molar-refractivity contribution in [1.82, 2.24) is 9.97 Å². The van der Waals surface area contributed by atoms with Gasteiger partial charge in [0, 0.05) is 33.4 Å². The van der Waals surface area contributed by atoms with Crippen LogP contribution in [-0.4, -0.2) is 15.9 Å². The molecule has 2 heterocycles. The third-order valence-corrected chi connectivity index (χ3v) is 4.53. The van der Waals surface area contributed by atoms with Gasteiger partial charge < -0.3 is 9.73 Å². The fraction of sp³-hybridized carbons (Fsp3) is 0.0952. The van der Waals surface area contributed by atoms with Crippen LogP contribution >= 0.6 is 11.6 Å². The minimum Gasteiger partial charge on any atom is -0.451 e. The van der Waals surface area contributed by atoms with Crippen molar-refractivity contribution in [3.05, 3.63) is 76.9 Å². The number of aromatic nitrogens is 2. The number of hydrogen-bond donors (Lipinski definition) is 1. The third-order valence-electron chi connectivity index (χ3n) is 4.30. The number of benzene rings is 2. The Morgan fingerprint density at radius 2 is 1.96 bits per heavy atom. The molecule has 5 nitrogen and oxygen atoms in total. The Hall–Kier alpha value is -3.18. The summed E-state index contributed by atoms with van der Waals surface area (Å²) in [6.45, 7) is 3.68. The van der Waals surface area contributed by atoms with E-state index in [1.807, 2.05) is 44.2 Å². The summed E-state index contributed by atoms with van der Waals surface area (Å²) in [4.78, 5) is 21.3. The van der Waals surface area contributed by atoms with Gasteiger partial charge in [-0.1, -0.05) is 23.7 Å². The van der Waals surface area contributed by atoms with Crippen LogP contribution in [0.5, 0.6) is 0 Å². The van der Waals surface area contributed by atoms with Crippen molar-refractivity contribution in [2.75, 3.05) is 5.32 Å². The van der Waals surface area contributed by atoms with E-state index in [9.17, 15) is 4.79 Å². The second kappa shape index (κ2) is 6.85. The highest BCUT2D eigenvalue weighted by atomic mass is 35.5. The molecule has 0 aliphatic rings. The summed E-state index contributed by atoms with van der Waals surface area (Å²) in [6, 6.07) is 14.6. The molecule has 27 heavy (non-hydrogen) atoms. The molecule has 6 heteroatoms. The molecule has 0 aliphatic carbocycles. The van der Waals surface area contributed by atoms with E-state index >= 15 is 0 Å². The average Bonchev–Trinajstić information content (AvgIpc) is 2.98. The number of fused-ring (bicyclic) bond motifs is 1. The zero-order valence-electron chi connectivity index (χ0n) is 14.8. The predicted octanol–water partition coefficient (Wildman–Crippen LogP) is 5.41. The standard InChI is InChI=1S/C21H16ClN3O2/c1-12-17-11-15(22)6-7-19(17)27-20(12)21(26)25-16-5-3-4-14(10-16)18-8-9-23-13(2)24-18/h3-11H,1-2H3,(H,25,26). The second-order valence-electron chi connectivity index (χ2n) is 6.22. The Morgan fingerprint density at radius 3 is 2.78 bits per heavy atom. The number of furan rings is 1. The molecule has 2 aromatic carbocycles. The molecule has 0 spiro atoms. The van der Waals surface area contributed by atoms with Crippen LogP contribution in [0.2, 0.25) is 5.02 Å². The Kier molecular flexibility index (Phi) is 4.38. The maximum atomic E-state index is 12.7. The Labute approximate surface area is 161 Å². The van der Waals surface area contributed by atoms with Gasteiger partial charge in [0.05, 0.1) is 5.69 Å². The Bertz CT molecular complexity index is 1170. The number of carbonyl (C=O) groups excluding carboxylic acids is 1. The summed E-state index contributed by atoms with van der Waals surface area (Å²) in [5.74, 6) is 0.657. The molecule has 134 valence electrons. The van der Waals surface area contributed by atoms with Gasteiger partial charge in [-0.25, -0.2) is 9.97 Å². The first-order valence-electron chi connectivity index (χ1n) is 8.41. The summed E-state index contributed by atoms with van der Waals surface area (Å²) >= 11 is 6.04. The molecule has 1 N–H and O–H groups in total. The number of rotatable bonds is 3. The van der Waals surface area contributed by atoms with Crippen LogP contribution < -0.4 is 5.32 Å². The van der Waals surface area contributed by atoms with E-state index in [2.05, 4.69) is 15.3 Å². The molecule has 0 saturated heterocycles. The lowest BCUT2D eigenvalue weighted by molar-refractivity contribution is 0.0998. The molecule has 0 radical (unpaired) electrons. The van der Waals surface area contributed by atoms with Gasteiger partial charge in [-0.2, -0.15) is 0 Å². The molecule has 0 fully saturated rings. The Balaban J connectivity index is 1.64. The lowest BCUT2D eigenvalue weighted by Gasteiger charge is -2.07. The van der Waals surface area contributed by atoms with Crippen molar-refractivity contribution in [2.45, 2.75) is 13.8 Å². The number of anilines is 1. The minimum absolute atomic E-state index is 0.274. The van der Waals surface area contributed by atoms with E-state index in [4.69, 9.17) is 16.0 Å². The zero-order valence-corrected chi connectivity index (χ0v) is 15.5. The average molecular weight is 378 g/mol. The third kappa shape index (κ3) is 3.41. The molecule has 0 atom stereocenters. The van der Waals surface area contributed by atoms with E-state index in [0.29, 0.717) is 22.1 Å². The minimum atomic E-state index is -0.309. The fourth-order valence-corrected chi connectivity index (χ4v) is 3.14. The molecular weight excluding hydrogens is 362 g/mol. The highest BCUT2D eigenvalue weighted by Gasteiger charge is 2.18. The van der Waals surface area contributed by atoms with Crippen molar-refractivity contribution < 1.29 is 9.21 Å². The number of carbonyl (C=O) groups is 1. The second-order valence-corrected chi connectivity index (χ2v) is 6.66. The molecule has 4 aromatic rings. The summed E-state index contributed by atoms with van der Waals surface area (Å²) in [5.41, 5.74) is 3.74. The topological polar surface area (TPSA) is 68.0 Å². The normalized spacial score (nSPS) is 10.9. The van der Waals surface area contributed by atoms with Crippen LogP contribution in [0.3, 0.4) is 0 Å². The summed E-state index contributed by atoms with van der Waals surface area (Å²) < 4.78 is 5.73. The maximum absolute atomic E-state index is 12.7. The molecule has 4 rings (SSSR count). The van der Waals surface area contributed by atoms with Gasteiger partial charge in [-0.15, -0.1) is 0 Å². The van der Waals surface area contributed by atoms with Crippen molar-refractivity contribution >= 4 is 34.2 Å². The SMILES string of the molecule is Cc1nccc(-c2cccc(NC(=O)c3oc4ccc(Cl)cc4c3C)c2)n1. The zero-order chi connectivity index (χ0) is 19.0. The van der Waals surface area contributed by atoms with Crippen LogP contribution in [0.15, 0.2) is 59.1 Å². The van der Waals surface area contributed by atoms with E-state index < -0.39 is 0 Å². The maximum Gasteiger partial charge on any atom is 0.291 e. The number of amides is 1. The molecular formula is C21H16ClN3O2. The van der Waals surface area contributed by atoms with Crippen LogP contribution in [0.25, 0.3) is 22.2 Å². The predicted molar refractivity (Wildman–Crippen MR) is 106 cm³/mol.